The van der Waals surface area contributed by atoms with E-state index in [9.17, 15) is 5.11 Å². The first kappa shape index (κ1) is 9.99. The molecule has 2 atom stereocenters. The summed E-state index contributed by atoms with van der Waals surface area (Å²) in [5.41, 5.74) is 7.70. The first-order chi connectivity index (χ1) is 6.02. The van der Waals surface area contributed by atoms with Gasteiger partial charge in [0.2, 0.25) is 0 Å². The minimum Gasteiger partial charge on any atom is -0.393 e. The van der Waals surface area contributed by atoms with Crippen LogP contribution in [0.15, 0.2) is 12.3 Å². The van der Waals surface area contributed by atoms with Crippen molar-refractivity contribution in [1.29, 1.82) is 0 Å². The fourth-order valence-corrected chi connectivity index (χ4v) is 1.23. The van der Waals surface area contributed by atoms with Gasteiger partial charge in [0.25, 0.3) is 0 Å². The summed E-state index contributed by atoms with van der Waals surface area (Å²) in [4.78, 5) is 4.05. The molecular weight excluding hydrogens is 164 g/mol. The second-order valence-electron chi connectivity index (χ2n) is 3.52. The number of pyridine rings is 1. The molecule has 0 aliphatic rings. The molecule has 0 saturated carbocycles. The van der Waals surface area contributed by atoms with Crippen LogP contribution in [0.3, 0.4) is 0 Å². The molecule has 1 rings (SSSR count). The van der Waals surface area contributed by atoms with Gasteiger partial charge in [-0.15, -0.1) is 0 Å². The quantitative estimate of drug-likeness (QED) is 0.724. The van der Waals surface area contributed by atoms with Crippen molar-refractivity contribution in [3.8, 4) is 0 Å². The molecule has 0 aliphatic heterocycles. The predicted molar refractivity (Wildman–Crippen MR) is 53.5 cm³/mol. The van der Waals surface area contributed by atoms with E-state index in [1.165, 1.54) is 0 Å². The van der Waals surface area contributed by atoms with Crippen LogP contribution in [0.5, 0.6) is 0 Å². The number of hydrogen-bond donors (Lipinski definition) is 2. The Morgan fingerprint density at radius 1 is 1.46 bits per heavy atom. The first-order valence-corrected chi connectivity index (χ1v) is 4.42. The first-order valence-electron chi connectivity index (χ1n) is 4.42. The van der Waals surface area contributed by atoms with Crippen molar-refractivity contribution < 1.29 is 5.11 Å². The molecule has 0 aromatic carbocycles. The molecule has 2 unspecified atom stereocenters. The molecule has 3 nitrogen and oxygen atoms in total. The molecule has 0 aliphatic carbocycles. The van der Waals surface area contributed by atoms with Crippen molar-refractivity contribution in [3.63, 3.8) is 0 Å². The Morgan fingerprint density at radius 3 is 2.62 bits per heavy atom. The molecule has 0 fully saturated rings. The molecule has 13 heavy (non-hydrogen) atoms. The van der Waals surface area contributed by atoms with Crippen LogP contribution in [0.25, 0.3) is 0 Å². The van der Waals surface area contributed by atoms with E-state index in [1.807, 2.05) is 19.9 Å². The maximum Gasteiger partial charge on any atom is 0.126 e. The molecule has 0 bridgehead atoms. The predicted octanol–water partition coefficient (Wildman–Crippen LogP) is 1.46. The second kappa shape index (κ2) is 3.75. The normalized spacial score (nSPS) is 15.4. The maximum atomic E-state index is 9.41. The zero-order valence-corrected chi connectivity index (χ0v) is 8.28. The van der Waals surface area contributed by atoms with Crippen LogP contribution >= 0.6 is 0 Å². The Kier molecular flexibility index (Phi) is 2.88. The number of nitrogen functional groups attached to an aromatic ring is 1. The zero-order chi connectivity index (χ0) is 10.0. The highest BCUT2D eigenvalue weighted by molar-refractivity contribution is 5.43. The van der Waals surface area contributed by atoms with Gasteiger partial charge in [-0.3, -0.25) is 0 Å². The van der Waals surface area contributed by atoms with Crippen molar-refractivity contribution in [3.05, 3.63) is 23.4 Å². The molecule has 0 radical (unpaired) electrons. The minimum atomic E-state index is -0.397. The van der Waals surface area contributed by atoms with Crippen LogP contribution in [0.4, 0.5) is 5.82 Å². The summed E-state index contributed by atoms with van der Waals surface area (Å²) in [5.74, 6) is 0.548. The van der Waals surface area contributed by atoms with E-state index >= 15 is 0 Å². The molecule has 1 heterocycles. The van der Waals surface area contributed by atoms with E-state index in [1.54, 1.807) is 13.1 Å². The van der Waals surface area contributed by atoms with Crippen LogP contribution in [-0.4, -0.2) is 16.2 Å². The van der Waals surface area contributed by atoms with Crippen LogP contribution in [0.1, 0.15) is 30.9 Å². The van der Waals surface area contributed by atoms with E-state index in [4.69, 9.17) is 5.73 Å². The van der Waals surface area contributed by atoms with Crippen LogP contribution in [0.2, 0.25) is 0 Å². The highest BCUT2D eigenvalue weighted by atomic mass is 16.3. The summed E-state index contributed by atoms with van der Waals surface area (Å²) in [6, 6.07) is 1.97. The fraction of sp³-hybridized carbons (Fsp3) is 0.500. The van der Waals surface area contributed by atoms with Crippen molar-refractivity contribution in [2.75, 3.05) is 5.73 Å². The van der Waals surface area contributed by atoms with E-state index in [-0.39, 0.29) is 5.92 Å². The van der Waals surface area contributed by atoms with E-state index < -0.39 is 6.10 Å². The Morgan fingerprint density at radius 2 is 2.08 bits per heavy atom. The van der Waals surface area contributed by atoms with Gasteiger partial charge in [0, 0.05) is 12.1 Å². The minimum absolute atomic E-state index is 0.0346. The van der Waals surface area contributed by atoms with Gasteiger partial charge < -0.3 is 10.8 Å². The Bertz CT molecular complexity index is 297. The SMILES string of the molecule is Cc1cnc(N)c(C(C)C(C)O)c1. The Balaban J connectivity index is 3.05. The van der Waals surface area contributed by atoms with Crippen LogP contribution in [0, 0.1) is 6.92 Å². The van der Waals surface area contributed by atoms with Gasteiger partial charge in [0.05, 0.1) is 6.10 Å². The van der Waals surface area contributed by atoms with E-state index in [0.717, 1.165) is 11.1 Å². The number of aryl methyl sites for hydroxylation is 1. The summed E-state index contributed by atoms with van der Waals surface area (Å²) in [6.45, 7) is 5.66. The zero-order valence-electron chi connectivity index (χ0n) is 8.28. The van der Waals surface area contributed by atoms with Crippen molar-refractivity contribution in [2.45, 2.75) is 32.8 Å². The third-order valence-corrected chi connectivity index (χ3v) is 2.30. The van der Waals surface area contributed by atoms with Gasteiger partial charge in [-0.1, -0.05) is 13.0 Å². The number of aliphatic hydroxyl groups is 1. The summed E-state index contributed by atoms with van der Waals surface area (Å²) in [6.07, 6.45) is 1.33. The monoisotopic (exact) mass is 180 g/mol. The summed E-state index contributed by atoms with van der Waals surface area (Å²) in [5, 5.41) is 9.41. The lowest BCUT2D eigenvalue weighted by atomic mass is 9.96. The summed E-state index contributed by atoms with van der Waals surface area (Å²) < 4.78 is 0. The number of aromatic nitrogens is 1. The molecule has 3 heteroatoms. The molecule has 72 valence electrons. The Labute approximate surface area is 78.6 Å². The second-order valence-corrected chi connectivity index (χ2v) is 3.52. The molecule has 1 aromatic heterocycles. The van der Waals surface area contributed by atoms with Crippen molar-refractivity contribution >= 4 is 5.82 Å². The van der Waals surface area contributed by atoms with Crippen molar-refractivity contribution in [1.82, 2.24) is 4.98 Å². The number of rotatable bonds is 2. The van der Waals surface area contributed by atoms with Crippen molar-refractivity contribution in [2.24, 2.45) is 0 Å². The molecule has 0 spiro atoms. The lowest BCUT2D eigenvalue weighted by Crippen LogP contribution is -2.13. The fourth-order valence-electron chi connectivity index (χ4n) is 1.23. The topological polar surface area (TPSA) is 59.1 Å². The molecule has 0 saturated heterocycles. The molecular formula is C10H16N2O. The van der Waals surface area contributed by atoms with E-state index in [0.29, 0.717) is 5.82 Å². The third-order valence-electron chi connectivity index (χ3n) is 2.30. The average Bonchev–Trinajstić information content (AvgIpc) is 2.08. The Hall–Kier alpha value is -1.09. The lowest BCUT2D eigenvalue weighted by Gasteiger charge is -2.16. The maximum absolute atomic E-state index is 9.41. The van der Waals surface area contributed by atoms with Gasteiger partial charge in [-0.25, -0.2) is 4.98 Å². The molecule has 3 N–H and O–H groups in total. The number of nitrogens with zero attached hydrogens (tertiary/aromatic N) is 1. The van der Waals surface area contributed by atoms with Gasteiger partial charge in [-0.05, 0) is 25.0 Å². The lowest BCUT2D eigenvalue weighted by molar-refractivity contribution is 0.169. The number of hydrogen-bond acceptors (Lipinski definition) is 3. The van der Waals surface area contributed by atoms with Crippen LogP contribution in [-0.2, 0) is 0 Å². The van der Waals surface area contributed by atoms with Gasteiger partial charge in [0.15, 0.2) is 0 Å². The smallest absolute Gasteiger partial charge is 0.126 e. The largest absolute Gasteiger partial charge is 0.393 e. The third kappa shape index (κ3) is 2.18. The van der Waals surface area contributed by atoms with Gasteiger partial charge >= 0.3 is 0 Å². The number of anilines is 1. The van der Waals surface area contributed by atoms with Gasteiger partial charge in [0.1, 0.15) is 5.82 Å². The highest BCUT2D eigenvalue weighted by Crippen LogP contribution is 2.23. The summed E-state index contributed by atoms with van der Waals surface area (Å²) in [7, 11) is 0. The standard InChI is InChI=1S/C10H16N2O/c1-6-4-9(7(2)8(3)13)10(11)12-5-6/h4-5,7-8,13H,1-3H3,(H2,11,12). The van der Waals surface area contributed by atoms with Gasteiger partial charge in [-0.2, -0.15) is 0 Å². The van der Waals surface area contributed by atoms with Crippen LogP contribution < -0.4 is 5.73 Å². The number of aliphatic hydroxyl groups excluding tert-OH is 1. The molecule has 1 aromatic rings. The molecule has 0 amide bonds. The van der Waals surface area contributed by atoms with E-state index in [2.05, 4.69) is 4.98 Å². The summed E-state index contributed by atoms with van der Waals surface area (Å²) >= 11 is 0. The number of nitrogens with two attached hydrogens (primary N) is 1. The average molecular weight is 180 g/mol. The highest BCUT2D eigenvalue weighted by Gasteiger charge is 2.14.